The van der Waals surface area contributed by atoms with Crippen molar-refractivity contribution in [2.24, 2.45) is 0 Å². The molecule has 1 rings (SSSR count). The Kier molecular flexibility index (Phi) is 3.66. The van der Waals surface area contributed by atoms with Crippen LogP contribution in [0.4, 0.5) is 17.6 Å². The minimum absolute atomic E-state index is 0.229. The van der Waals surface area contributed by atoms with Crippen molar-refractivity contribution in [2.75, 3.05) is 0 Å². The van der Waals surface area contributed by atoms with Gasteiger partial charge in [-0.15, -0.1) is 0 Å². The molecular formula is C9H11BrF4N2. The van der Waals surface area contributed by atoms with Crippen LogP contribution in [0.1, 0.15) is 44.9 Å². The number of rotatable bonds is 2. The Balaban J connectivity index is 3.48. The van der Waals surface area contributed by atoms with Crippen molar-refractivity contribution in [2.45, 2.75) is 39.2 Å². The first-order valence-corrected chi connectivity index (χ1v) is 5.30. The van der Waals surface area contributed by atoms with Gasteiger partial charge < -0.3 is 0 Å². The highest BCUT2D eigenvalue weighted by Crippen LogP contribution is 2.37. The second-order valence-corrected chi connectivity index (χ2v) is 5.02. The Morgan fingerprint density at radius 3 is 1.94 bits per heavy atom. The van der Waals surface area contributed by atoms with E-state index in [-0.39, 0.29) is 4.60 Å². The van der Waals surface area contributed by atoms with Crippen molar-refractivity contribution in [1.82, 2.24) is 9.78 Å². The zero-order valence-corrected chi connectivity index (χ0v) is 10.5. The molecule has 0 saturated carbocycles. The maximum Gasteiger partial charge on any atom is 0.280 e. The lowest BCUT2D eigenvalue weighted by Crippen LogP contribution is -2.25. The maximum atomic E-state index is 12.8. The van der Waals surface area contributed by atoms with E-state index in [1.165, 1.54) is 0 Å². The highest BCUT2D eigenvalue weighted by Gasteiger charge is 2.33. The molecule has 16 heavy (non-hydrogen) atoms. The van der Waals surface area contributed by atoms with Gasteiger partial charge in [-0.05, 0) is 36.7 Å². The normalized spacial score (nSPS) is 12.9. The number of nitrogens with zero attached hydrogens (tertiary/aromatic N) is 2. The molecule has 92 valence electrons. The van der Waals surface area contributed by atoms with Crippen molar-refractivity contribution >= 4 is 15.9 Å². The van der Waals surface area contributed by atoms with Crippen molar-refractivity contribution in [3.8, 4) is 0 Å². The van der Waals surface area contributed by atoms with Crippen molar-refractivity contribution in [3.05, 3.63) is 15.9 Å². The highest BCUT2D eigenvalue weighted by molar-refractivity contribution is 9.10. The summed E-state index contributed by atoms with van der Waals surface area (Å²) in [5.74, 6) is 0. The molecular weight excluding hydrogens is 292 g/mol. The van der Waals surface area contributed by atoms with E-state index in [1.807, 2.05) is 0 Å². The molecule has 0 fully saturated rings. The first-order valence-electron chi connectivity index (χ1n) is 4.51. The molecule has 2 nitrogen and oxygen atoms in total. The number of hydrogen-bond acceptors (Lipinski definition) is 1. The minimum Gasteiger partial charge on any atom is -0.257 e. The van der Waals surface area contributed by atoms with E-state index in [2.05, 4.69) is 21.0 Å². The van der Waals surface area contributed by atoms with E-state index in [0.717, 1.165) is 4.68 Å². The predicted molar refractivity (Wildman–Crippen MR) is 54.8 cm³/mol. The van der Waals surface area contributed by atoms with Crippen LogP contribution in [0.2, 0.25) is 0 Å². The summed E-state index contributed by atoms with van der Waals surface area (Å²) in [6.45, 7) is 4.86. The van der Waals surface area contributed by atoms with Gasteiger partial charge in [-0.3, -0.25) is 4.68 Å². The van der Waals surface area contributed by atoms with Crippen LogP contribution in [-0.2, 0) is 5.54 Å². The molecule has 0 unspecified atom stereocenters. The third kappa shape index (κ3) is 2.39. The van der Waals surface area contributed by atoms with Gasteiger partial charge in [-0.25, -0.2) is 17.6 Å². The van der Waals surface area contributed by atoms with Gasteiger partial charge in [0.2, 0.25) is 0 Å². The molecule has 0 atom stereocenters. The molecule has 0 radical (unpaired) electrons. The van der Waals surface area contributed by atoms with Crippen LogP contribution in [0.15, 0.2) is 4.60 Å². The summed E-state index contributed by atoms with van der Waals surface area (Å²) in [7, 11) is 0. The summed E-state index contributed by atoms with van der Waals surface area (Å²) in [6, 6.07) is 0. The third-order valence-electron chi connectivity index (χ3n) is 1.97. The summed E-state index contributed by atoms with van der Waals surface area (Å²) in [5, 5.41) is 3.70. The van der Waals surface area contributed by atoms with Crippen LogP contribution < -0.4 is 0 Å². The Morgan fingerprint density at radius 1 is 1.12 bits per heavy atom. The summed E-state index contributed by atoms with van der Waals surface area (Å²) in [4.78, 5) is 0. The van der Waals surface area contributed by atoms with E-state index in [9.17, 15) is 17.6 Å². The monoisotopic (exact) mass is 302 g/mol. The Hall–Kier alpha value is -0.590. The van der Waals surface area contributed by atoms with Gasteiger partial charge in [-0.2, -0.15) is 5.10 Å². The summed E-state index contributed by atoms with van der Waals surface area (Å²) in [5.41, 5.74) is -2.24. The average Bonchev–Trinajstić information content (AvgIpc) is 2.41. The fourth-order valence-corrected chi connectivity index (χ4v) is 1.87. The molecule has 1 heterocycles. The maximum absolute atomic E-state index is 12.8. The van der Waals surface area contributed by atoms with Gasteiger partial charge in [0, 0.05) is 0 Å². The van der Waals surface area contributed by atoms with Crippen molar-refractivity contribution < 1.29 is 17.6 Å². The number of alkyl halides is 4. The summed E-state index contributed by atoms with van der Waals surface area (Å²) >= 11 is 2.78. The summed E-state index contributed by atoms with van der Waals surface area (Å²) < 4.78 is 51.5. The zero-order valence-electron chi connectivity index (χ0n) is 8.94. The fourth-order valence-electron chi connectivity index (χ4n) is 1.34. The zero-order chi connectivity index (χ0) is 12.7. The van der Waals surface area contributed by atoms with Crippen LogP contribution >= 0.6 is 15.9 Å². The van der Waals surface area contributed by atoms with Crippen LogP contribution in [0.25, 0.3) is 0 Å². The summed E-state index contributed by atoms with van der Waals surface area (Å²) in [6.07, 6.45) is -5.96. The van der Waals surface area contributed by atoms with E-state index in [0.29, 0.717) is 0 Å². The molecule has 0 spiro atoms. The molecule has 7 heteroatoms. The Bertz CT molecular complexity index is 382. The lowest BCUT2D eigenvalue weighted by Gasteiger charge is -2.22. The lowest BCUT2D eigenvalue weighted by atomic mass is 10.1. The van der Waals surface area contributed by atoms with E-state index in [4.69, 9.17) is 0 Å². The first kappa shape index (κ1) is 13.5. The van der Waals surface area contributed by atoms with Crippen LogP contribution in [0, 0.1) is 0 Å². The smallest absolute Gasteiger partial charge is 0.257 e. The number of hydrogen-bond donors (Lipinski definition) is 0. The quantitative estimate of drug-likeness (QED) is 0.746. The second-order valence-electron chi connectivity index (χ2n) is 4.27. The van der Waals surface area contributed by atoms with Gasteiger partial charge in [0.05, 0.1) is 11.1 Å². The molecule has 0 aliphatic rings. The topological polar surface area (TPSA) is 17.8 Å². The van der Waals surface area contributed by atoms with Crippen molar-refractivity contribution in [3.63, 3.8) is 0 Å². The van der Waals surface area contributed by atoms with Crippen molar-refractivity contribution in [1.29, 1.82) is 0 Å². The van der Waals surface area contributed by atoms with Gasteiger partial charge in [0.1, 0.15) is 10.3 Å². The highest BCUT2D eigenvalue weighted by atomic mass is 79.9. The number of aromatic nitrogens is 2. The Morgan fingerprint density at radius 2 is 1.62 bits per heavy atom. The Labute approximate surface area is 98.8 Å². The average molecular weight is 303 g/mol. The molecule has 0 aliphatic heterocycles. The number of halogens is 5. The van der Waals surface area contributed by atoms with Crippen LogP contribution in [0.5, 0.6) is 0 Å². The van der Waals surface area contributed by atoms with E-state index >= 15 is 0 Å². The lowest BCUT2D eigenvalue weighted by molar-refractivity contribution is 0.111. The predicted octanol–water partition coefficient (Wildman–Crippen LogP) is 4.28. The minimum atomic E-state index is -2.98. The first-order chi connectivity index (χ1) is 7.16. The molecule has 0 aromatic carbocycles. The molecule has 0 N–H and O–H groups in total. The van der Waals surface area contributed by atoms with E-state index in [1.54, 1.807) is 20.8 Å². The second kappa shape index (κ2) is 4.35. The van der Waals surface area contributed by atoms with Gasteiger partial charge in [0.15, 0.2) is 0 Å². The molecule has 0 bridgehead atoms. The molecule has 0 aliphatic carbocycles. The fraction of sp³-hybridized carbons (Fsp3) is 0.667. The largest absolute Gasteiger partial charge is 0.280 e. The van der Waals surface area contributed by atoms with Crippen LogP contribution in [0.3, 0.4) is 0 Å². The van der Waals surface area contributed by atoms with Gasteiger partial charge >= 0.3 is 0 Å². The van der Waals surface area contributed by atoms with E-state index < -0.39 is 29.6 Å². The standard InChI is InChI=1S/C9H11BrF4N2/c1-9(2,3)16-5(8(13)14)4(7(11)12)6(10)15-16/h7-8H,1-3H3. The van der Waals surface area contributed by atoms with Gasteiger partial charge in [0.25, 0.3) is 12.9 Å². The molecule has 1 aromatic rings. The van der Waals surface area contributed by atoms with Gasteiger partial charge in [-0.1, -0.05) is 0 Å². The third-order valence-corrected chi connectivity index (χ3v) is 2.56. The van der Waals surface area contributed by atoms with Crippen LogP contribution in [-0.4, -0.2) is 9.78 Å². The SMILES string of the molecule is CC(C)(C)n1nc(Br)c(C(F)F)c1C(F)F. The molecule has 0 amide bonds. The molecule has 0 saturated heterocycles. The molecule has 1 aromatic heterocycles.